The Morgan fingerprint density at radius 1 is 1.68 bits per heavy atom. The lowest BCUT2D eigenvalue weighted by molar-refractivity contribution is -0.125. The van der Waals surface area contributed by atoms with E-state index in [1.54, 1.807) is 6.92 Å². The molecule has 2 atom stereocenters. The molecule has 2 amide bonds. The number of aromatic nitrogens is 2. The van der Waals surface area contributed by atoms with E-state index < -0.39 is 11.3 Å². The smallest absolute Gasteiger partial charge is 0.239 e. The predicted molar refractivity (Wildman–Crippen MR) is 67.0 cm³/mol. The van der Waals surface area contributed by atoms with E-state index in [0.29, 0.717) is 12.3 Å². The molecular formula is C11H17N5O3. The molecule has 2 rings (SSSR count). The molecule has 2 unspecified atom stereocenters. The number of carbonyl (C=O) groups is 2. The number of hydrogen-bond acceptors (Lipinski definition) is 5. The van der Waals surface area contributed by atoms with Gasteiger partial charge >= 0.3 is 0 Å². The number of nitrogens with zero attached hydrogens (tertiary/aromatic N) is 2. The van der Waals surface area contributed by atoms with E-state index in [-0.39, 0.29) is 25.1 Å². The summed E-state index contributed by atoms with van der Waals surface area (Å²) in [6, 6.07) is -0.340. The molecule has 0 bridgehead atoms. The molecule has 0 saturated carbocycles. The minimum Gasteiger partial charge on any atom is -0.379 e. The van der Waals surface area contributed by atoms with Crippen molar-refractivity contribution < 1.29 is 14.3 Å². The van der Waals surface area contributed by atoms with Gasteiger partial charge in [0.25, 0.3) is 0 Å². The summed E-state index contributed by atoms with van der Waals surface area (Å²) in [7, 11) is 0. The van der Waals surface area contributed by atoms with Crippen LogP contribution in [0.2, 0.25) is 0 Å². The first-order chi connectivity index (χ1) is 8.91. The van der Waals surface area contributed by atoms with Gasteiger partial charge in [-0.3, -0.25) is 14.3 Å². The summed E-state index contributed by atoms with van der Waals surface area (Å²) in [4.78, 5) is 22.9. The van der Waals surface area contributed by atoms with Crippen LogP contribution in [0.25, 0.3) is 0 Å². The standard InChI is InChI=1S/C11H17N5O3/c1-11(6-19-5-8(11)12)10(18)15-7-2-14-16(3-7)4-9(13)17/h2-3,8H,4-6,12H2,1H3,(H2,13,17)(H,15,18). The monoisotopic (exact) mass is 267 g/mol. The van der Waals surface area contributed by atoms with Crippen molar-refractivity contribution in [2.24, 2.45) is 16.9 Å². The number of primary amides is 1. The van der Waals surface area contributed by atoms with E-state index >= 15 is 0 Å². The van der Waals surface area contributed by atoms with Crippen molar-refractivity contribution >= 4 is 17.5 Å². The van der Waals surface area contributed by atoms with Crippen LogP contribution in [-0.2, 0) is 20.9 Å². The van der Waals surface area contributed by atoms with Gasteiger partial charge in [-0.25, -0.2) is 0 Å². The van der Waals surface area contributed by atoms with Gasteiger partial charge in [0.15, 0.2) is 0 Å². The number of carbonyl (C=O) groups excluding carboxylic acids is 2. The molecule has 1 aliphatic rings. The average molecular weight is 267 g/mol. The van der Waals surface area contributed by atoms with Crippen LogP contribution in [0, 0.1) is 5.41 Å². The molecule has 1 aliphatic heterocycles. The molecule has 0 spiro atoms. The number of amides is 2. The Hall–Kier alpha value is -1.93. The minimum atomic E-state index is -0.758. The Balaban J connectivity index is 2.03. The van der Waals surface area contributed by atoms with Gasteiger partial charge < -0.3 is 21.5 Å². The average Bonchev–Trinajstić information content (AvgIpc) is 2.87. The molecule has 0 radical (unpaired) electrons. The molecule has 0 aliphatic carbocycles. The maximum atomic E-state index is 12.2. The highest BCUT2D eigenvalue weighted by Crippen LogP contribution is 2.28. The number of rotatable bonds is 4. The minimum absolute atomic E-state index is 0.0320. The van der Waals surface area contributed by atoms with Crippen LogP contribution in [0.15, 0.2) is 12.4 Å². The van der Waals surface area contributed by atoms with Crippen molar-refractivity contribution in [2.45, 2.75) is 19.5 Å². The summed E-state index contributed by atoms with van der Waals surface area (Å²) in [5.41, 5.74) is 10.7. The fourth-order valence-electron chi connectivity index (χ4n) is 1.87. The van der Waals surface area contributed by atoms with E-state index in [9.17, 15) is 9.59 Å². The summed E-state index contributed by atoms with van der Waals surface area (Å²) in [6.07, 6.45) is 2.99. The maximum Gasteiger partial charge on any atom is 0.239 e. The van der Waals surface area contributed by atoms with E-state index in [1.807, 2.05) is 0 Å². The summed E-state index contributed by atoms with van der Waals surface area (Å²) in [5.74, 6) is -0.727. The number of ether oxygens (including phenoxy) is 1. The van der Waals surface area contributed by atoms with Gasteiger partial charge in [0.1, 0.15) is 6.54 Å². The zero-order chi connectivity index (χ0) is 14.0. The van der Waals surface area contributed by atoms with Gasteiger partial charge in [-0.2, -0.15) is 5.10 Å². The van der Waals surface area contributed by atoms with Crippen LogP contribution in [0.3, 0.4) is 0 Å². The molecule has 0 aromatic carbocycles. The quantitative estimate of drug-likeness (QED) is 0.623. The van der Waals surface area contributed by atoms with Gasteiger partial charge in [-0.1, -0.05) is 0 Å². The van der Waals surface area contributed by atoms with Crippen molar-refractivity contribution in [1.29, 1.82) is 0 Å². The SMILES string of the molecule is CC1(C(=O)Nc2cnn(CC(N)=O)c2)COCC1N. The second-order valence-electron chi connectivity index (χ2n) is 4.89. The fourth-order valence-corrected chi connectivity index (χ4v) is 1.87. The van der Waals surface area contributed by atoms with E-state index in [1.165, 1.54) is 17.1 Å². The molecular weight excluding hydrogens is 250 g/mol. The molecule has 104 valence electrons. The van der Waals surface area contributed by atoms with Crippen molar-refractivity contribution in [3.8, 4) is 0 Å². The number of nitrogens with two attached hydrogens (primary N) is 2. The third-order valence-electron chi connectivity index (χ3n) is 3.25. The van der Waals surface area contributed by atoms with E-state index in [0.717, 1.165) is 0 Å². The van der Waals surface area contributed by atoms with E-state index in [2.05, 4.69) is 10.4 Å². The molecule has 1 aromatic rings. The highest BCUT2D eigenvalue weighted by atomic mass is 16.5. The predicted octanol–water partition coefficient (Wildman–Crippen LogP) is -1.33. The Bertz CT molecular complexity index is 500. The van der Waals surface area contributed by atoms with Crippen LogP contribution in [0.5, 0.6) is 0 Å². The molecule has 19 heavy (non-hydrogen) atoms. The second-order valence-corrected chi connectivity index (χ2v) is 4.89. The molecule has 1 fully saturated rings. The Labute approximate surface area is 110 Å². The first kappa shape index (κ1) is 13.5. The number of hydrogen-bond donors (Lipinski definition) is 3. The van der Waals surface area contributed by atoms with Crippen LogP contribution in [-0.4, -0.2) is 40.9 Å². The molecule has 8 heteroatoms. The van der Waals surface area contributed by atoms with Gasteiger partial charge in [-0.05, 0) is 6.92 Å². The van der Waals surface area contributed by atoms with Crippen molar-refractivity contribution in [2.75, 3.05) is 18.5 Å². The molecule has 1 saturated heterocycles. The lowest BCUT2D eigenvalue weighted by Crippen LogP contribution is -2.47. The lowest BCUT2D eigenvalue weighted by Gasteiger charge is -2.24. The summed E-state index contributed by atoms with van der Waals surface area (Å²) in [5, 5.41) is 6.63. The number of anilines is 1. The Kier molecular flexibility index (Phi) is 3.54. The zero-order valence-corrected chi connectivity index (χ0v) is 10.6. The third kappa shape index (κ3) is 2.74. The van der Waals surface area contributed by atoms with E-state index in [4.69, 9.17) is 16.2 Å². The molecule has 2 heterocycles. The zero-order valence-electron chi connectivity index (χ0n) is 10.6. The highest BCUT2D eigenvalue weighted by molar-refractivity contribution is 5.95. The normalized spacial score (nSPS) is 26.3. The van der Waals surface area contributed by atoms with Crippen molar-refractivity contribution in [3.63, 3.8) is 0 Å². The van der Waals surface area contributed by atoms with Crippen LogP contribution in [0.4, 0.5) is 5.69 Å². The van der Waals surface area contributed by atoms with Crippen molar-refractivity contribution in [3.05, 3.63) is 12.4 Å². The first-order valence-corrected chi connectivity index (χ1v) is 5.87. The van der Waals surface area contributed by atoms with Crippen LogP contribution < -0.4 is 16.8 Å². The van der Waals surface area contributed by atoms with Gasteiger partial charge in [0.05, 0.1) is 30.5 Å². The van der Waals surface area contributed by atoms with Crippen LogP contribution >= 0.6 is 0 Å². The highest BCUT2D eigenvalue weighted by Gasteiger charge is 2.44. The number of nitrogens with one attached hydrogen (secondary N) is 1. The molecule has 8 nitrogen and oxygen atoms in total. The Morgan fingerprint density at radius 3 is 3.00 bits per heavy atom. The summed E-state index contributed by atoms with van der Waals surface area (Å²) in [6.45, 7) is 2.38. The van der Waals surface area contributed by atoms with Crippen molar-refractivity contribution in [1.82, 2.24) is 9.78 Å². The third-order valence-corrected chi connectivity index (χ3v) is 3.25. The lowest BCUT2D eigenvalue weighted by atomic mass is 9.85. The van der Waals surface area contributed by atoms with Crippen LogP contribution in [0.1, 0.15) is 6.92 Å². The van der Waals surface area contributed by atoms with Gasteiger partial charge in [-0.15, -0.1) is 0 Å². The topological polar surface area (TPSA) is 125 Å². The Morgan fingerprint density at radius 2 is 2.42 bits per heavy atom. The van der Waals surface area contributed by atoms with Gasteiger partial charge in [0, 0.05) is 12.2 Å². The second kappa shape index (κ2) is 4.98. The maximum absolute atomic E-state index is 12.2. The molecule has 1 aromatic heterocycles. The first-order valence-electron chi connectivity index (χ1n) is 5.87. The fraction of sp³-hybridized carbons (Fsp3) is 0.545. The largest absolute Gasteiger partial charge is 0.379 e. The van der Waals surface area contributed by atoms with Gasteiger partial charge in [0.2, 0.25) is 11.8 Å². The summed E-state index contributed by atoms with van der Waals surface area (Å²) < 4.78 is 6.57. The summed E-state index contributed by atoms with van der Waals surface area (Å²) >= 11 is 0. The molecule has 5 N–H and O–H groups in total.